The Kier molecular flexibility index (Phi) is 5.95. The fourth-order valence-corrected chi connectivity index (χ4v) is 5.52. The van der Waals surface area contributed by atoms with Crippen LogP contribution in [0.15, 0.2) is 46.2 Å². The number of aliphatic carboxylic acids is 2. The summed E-state index contributed by atoms with van der Waals surface area (Å²) < 4.78 is 53.8. The maximum absolute atomic E-state index is 12.9. The van der Waals surface area contributed by atoms with Crippen LogP contribution in [0.3, 0.4) is 0 Å². The van der Waals surface area contributed by atoms with Crippen LogP contribution >= 0.6 is 0 Å². The van der Waals surface area contributed by atoms with Crippen molar-refractivity contribution < 1.29 is 41.4 Å². The number of fused-ring (bicyclic) bond motifs is 3. The Balaban J connectivity index is 1.99. The third kappa shape index (κ3) is 4.27. The molecule has 0 unspecified atom stereocenters. The molecule has 2 aromatic rings. The molecule has 13 heteroatoms. The van der Waals surface area contributed by atoms with Gasteiger partial charge in [-0.05, 0) is 49.2 Å². The van der Waals surface area contributed by atoms with Crippen LogP contribution in [0.4, 0.5) is 0 Å². The van der Waals surface area contributed by atoms with Gasteiger partial charge in [-0.1, -0.05) is 12.1 Å². The van der Waals surface area contributed by atoms with Crippen molar-refractivity contribution in [2.24, 2.45) is 0 Å². The molecule has 2 aromatic carbocycles. The number of sulfonamides is 2. The number of rotatable bonds is 8. The van der Waals surface area contributed by atoms with Gasteiger partial charge in [0.25, 0.3) is 0 Å². The molecule has 11 nitrogen and oxygen atoms in total. The number of carbonyl (C=O) groups is 3. The van der Waals surface area contributed by atoms with Crippen LogP contribution in [-0.2, 0) is 29.6 Å². The third-order valence-electron chi connectivity index (χ3n) is 4.79. The molecule has 2 atom stereocenters. The van der Waals surface area contributed by atoms with E-state index in [1.165, 1.54) is 24.3 Å². The summed E-state index contributed by atoms with van der Waals surface area (Å²) in [6.07, 6.45) is 0. The van der Waals surface area contributed by atoms with E-state index in [4.69, 9.17) is 10.2 Å². The highest BCUT2D eigenvalue weighted by Crippen LogP contribution is 2.38. The summed E-state index contributed by atoms with van der Waals surface area (Å²) in [6.45, 7) is 2.30. The molecule has 1 aliphatic carbocycles. The van der Waals surface area contributed by atoms with Gasteiger partial charge in [-0.25, -0.2) is 16.8 Å². The Morgan fingerprint density at radius 3 is 1.38 bits per heavy atom. The van der Waals surface area contributed by atoms with Crippen molar-refractivity contribution in [3.63, 3.8) is 0 Å². The summed E-state index contributed by atoms with van der Waals surface area (Å²) >= 11 is 0. The van der Waals surface area contributed by atoms with Gasteiger partial charge >= 0.3 is 11.9 Å². The molecule has 0 spiro atoms. The summed E-state index contributed by atoms with van der Waals surface area (Å²) in [4.78, 5) is 34.1. The van der Waals surface area contributed by atoms with Gasteiger partial charge in [-0.15, -0.1) is 0 Å². The Morgan fingerprint density at radius 2 is 1.06 bits per heavy atom. The second-order valence-corrected chi connectivity index (χ2v) is 10.5. The van der Waals surface area contributed by atoms with E-state index in [2.05, 4.69) is 0 Å². The molecule has 0 amide bonds. The molecule has 0 aliphatic heterocycles. The average molecular weight is 482 g/mol. The fraction of sp³-hybridized carbons (Fsp3) is 0.211. The first-order valence-electron chi connectivity index (χ1n) is 9.08. The molecule has 0 heterocycles. The van der Waals surface area contributed by atoms with Crippen LogP contribution in [0, 0.1) is 0 Å². The van der Waals surface area contributed by atoms with Gasteiger partial charge in [0.05, 0.1) is 9.79 Å². The van der Waals surface area contributed by atoms with Gasteiger partial charge in [-0.3, -0.25) is 14.4 Å². The topological polar surface area (TPSA) is 184 Å². The first-order chi connectivity index (χ1) is 14.7. The number of ketones is 1. The van der Waals surface area contributed by atoms with Gasteiger partial charge in [0, 0.05) is 11.1 Å². The number of carboxylic acid groups (broad SMARTS) is 2. The number of carbonyl (C=O) groups excluding carboxylic acids is 1. The van der Waals surface area contributed by atoms with Crippen molar-refractivity contribution in [1.82, 2.24) is 9.44 Å². The molecule has 0 fully saturated rings. The number of nitrogens with one attached hydrogen (secondary N) is 2. The predicted molar refractivity (Wildman–Crippen MR) is 110 cm³/mol. The van der Waals surface area contributed by atoms with Crippen molar-refractivity contribution in [1.29, 1.82) is 0 Å². The SMILES string of the molecule is C[C@H](NS(=O)(=O)c1ccc2c(c1)C(=O)c1cc(S(=O)(=O)N[C@H](C)C(=O)O)ccc1-2)C(=O)O. The van der Waals surface area contributed by atoms with Crippen LogP contribution in [0.1, 0.15) is 29.8 Å². The lowest BCUT2D eigenvalue weighted by atomic mass is 10.1. The van der Waals surface area contributed by atoms with Crippen LogP contribution < -0.4 is 9.44 Å². The lowest BCUT2D eigenvalue weighted by molar-refractivity contribution is -0.139. The second-order valence-electron chi connectivity index (χ2n) is 7.11. The summed E-state index contributed by atoms with van der Waals surface area (Å²) in [5.41, 5.74) is 0.775. The third-order valence-corrected chi connectivity index (χ3v) is 7.86. The van der Waals surface area contributed by atoms with E-state index < -0.39 is 49.9 Å². The summed E-state index contributed by atoms with van der Waals surface area (Å²) in [5, 5.41) is 17.8. The molecule has 170 valence electrons. The second kappa shape index (κ2) is 8.09. The van der Waals surface area contributed by atoms with E-state index in [0.29, 0.717) is 11.1 Å². The first-order valence-corrected chi connectivity index (χ1v) is 12.0. The van der Waals surface area contributed by atoms with Crippen molar-refractivity contribution in [2.45, 2.75) is 35.7 Å². The molecule has 32 heavy (non-hydrogen) atoms. The lowest BCUT2D eigenvalue weighted by Gasteiger charge is -2.11. The summed E-state index contributed by atoms with van der Waals surface area (Å²) in [6, 6.07) is 4.55. The number of benzene rings is 2. The Bertz CT molecular complexity index is 1260. The Hall–Kier alpha value is -3.13. The van der Waals surface area contributed by atoms with Gasteiger partial charge in [0.1, 0.15) is 12.1 Å². The lowest BCUT2D eigenvalue weighted by Crippen LogP contribution is -2.38. The molecule has 0 bridgehead atoms. The molecule has 0 saturated heterocycles. The van der Waals surface area contributed by atoms with Crippen LogP contribution in [-0.4, -0.2) is 56.9 Å². The maximum Gasteiger partial charge on any atom is 0.321 e. The fourth-order valence-electron chi connectivity index (χ4n) is 3.07. The Labute approximate surface area is 183 Å². The maximum atomic E-state index is 12.9. The van der Waals surface area contributed by atoms with E-state index in [1.54, 1.807) is 0 Å². The standard InChI is InChI=1S/C19H18N2O9S2/c1-9(18(23)24)20-31(27,28)11-3-5-13-14-6-4-12(8-16(14)17(22)15(13)7-11)32(29,30)21-10(2)19(25)26/h3-10,20-21H,1-2H3,(H,23,24)(H,25,26)/t9-,10+. The van der Waals surface area contributed by atoms with Crippen molar-refractivity contribution in [3.05, 3.63) is 47.5 Å². The van der Waals surface area contributed by atoms with Crippen molar-refractivity contribution in [3.8, 4) is 11.1 Å². The van der Waals surface area contributed by atoms with E-state index in [-0.39, 0.29) is 20.9 Å². The molecule has 0 aromatic heterocycles. The van der Waals surface area contributed by atoms with Crippen LogP contribution in [0.5, 0.6) is 0 Å². The minimum absolute atomic E-state index is 0.00673. The van der Waals surface area contributed by atoms with Gasteiger partial charge in [-0.2, -0.15) is 9.44 Å². The van der Waals surface area contributed by atoms with Crippen molar-refractivity contribution in [2.75, 3.05) is 0 Å². The summed E-state index contributed by atoms with van der Waals surface area (Å²) in [5.74, 6) is -3.38. The van der Waals surface area contributed by atoms with Crippen LogP contribution in [0.25, 0.3) is 11.1 Å². The number of hydrogen-bond donors (Lipinski definition) is 4. The van der Waals surface area contributed by atoms with E-state index in [9.17, 15) is 31.2 Å². The van der Waals surface area contributed by atoms with E-state index in [1.807, 2.05) is 9.44 Å². The van der Waals surface area contributed by atoms with Crippen molar-refractivity contribution >= 4 is 37.8 Å². The Morgan fingerprint density at radius 1 is 0.719 bits per heavy atom. The number of hydrogen-bond acceptors (Lipinski definition) is 7. The molecule has 0 saturated carbocycles. The molecular formula is C19H18N2O9S2. The highest BCUT2D eigenvalue weighted by molar-refractivity contribution is 7.89. The zero-order valence-corrected chi connectivity index (χ0v) is 18.3. The molecule has 4 N–H and O–H groups in total. The molecule has 0 radical (unpaired) electrons. The molecular weight excluding hydrogens is 464 g/mol. The quantitative estimate of drug-likeness (QED) is 0.353. The first kappa shape index (κ1) is 23.5. The zero-order valence-electron chi connectivity index (χ0n) is 16.7. The van der Waals surface area contributed by atoms with Gasteiger partial charge in [0.2, 0.25) is 20.0 Å². The predicted octanol–water partition coefficient (Wildman–Crippen LogP) is 0.401. The highest BCUT2D eigenvalue weighted by atomic mass is 32.2. The largest absolute Gasteiger partial charge is 0.480 e. The minimum Gasteiger partial charge on any atom is -0.480 e. The van der Waals surface area contributed by atoms with Gasteiger partial charge < -0.3 is 10.2 Å². The zero-order chi connectivity index (χ0) is 24.0. The minimum atomic E-state index is -4.23. The van der Waals surface area contributed by atoms with E-state index in [0.717, 1.165) is 26.0 Å². The van der Waals surface area contributed by atoms with Crippen LogP contribution in [0.2, 0.25) is 0 Å². The average Bonchev–Trinajstić information content (AvgIpc) is 2.98. The summed E-state index contributed by atoms with van der Waals surface area (Å²) in [7, 11) is -8.47. The monoisotopic (exact) mass is 482 g/mol. The van der Waals surface area contributed by atoms with Gasteiger partial charge in [0.15, 0.2) is 5.78 Å². The normalized spacial score (nSPS) is 15.0. The molecule has 1 aliphatic rings. The molecule has 3 rings (SSSR count). The smallest absolute Gasteiger partial charge is 0.321 e. The van der Waals surface area contributed by atoms with E-state index >= 15 is 0 Å². The number of carboxylic acids is 2. The highest BCUT2D eigenvalue weighted by Gasteiger charge is 2.31.